The Kier molecular flexibility index (Phi) is 3.60. The molecule has 7 nitrogen and oxygen atoms in total. The third-order valence-corrected chi connectivity index (χ3v) is 2.78. The standard InChI is InChI=1S/C13H10N2O5/c1-20-13-7-10(9-5-3-2-4-6-9)11(14(16)17)8-12(13)15(18)19/h2-8H,1H3. The van der Waals surface area contributed by atoms with Crippen LogP contribution in [0.1, 0.15) is 0 Å². The van der Waals surface area contributed by atoms with E-state index < -0.39 is 15.5 Å². The summed E-state index contributed by atoms with van der Waals surface area (Å²) < 4.78 is 4.94. The molecule has 2 aromatic rings. The lowest BCUT2D eigenvalue weighted by Crippen LogP contribution is -1.98. The number of nitrogens with zero attached hydrogens (tertiary/aromatic N) is 2. The summed E-state index contributed by atoms with van der Waals surface area (Å²) in [6.07, 6.45) is 0. The summed E-state index contributed by atoms with van der Waals surface area (Å²) >= 11 is 0. The van der Waals surface area contributed by atoms with Crippen LogP contribution >= 0.6 is 0 Å². The highest BCUT2D eigenvalue weighted by molar-refractivity contribution is 5.78. The Morgan fingerprint density at radius 1 is 0.950 bits per heavy atom. The summed E-state index contributed by atoms with van der Waals surface area (Å²) in [5, 5.41) is 22.0. The first-order valence-corrected chi connectivity index (χ1v) is 5.61. The molecule has 2 rings (SSSR count). The molecule has 20 heavy (non-hydrogen) atoms. The Bertz CT molecular complexity index is 670. The zero-order chi connectivity index (χ0) is 14.7. The lowest BCUT2D eigenvalue weighted by molar-refractivity contribution is -0.394. The van der Waals surface area contributed by atoms with Crippen molar-refractivity contribution in [3.8, 4) is 16.9 Å². The third kappa shape index (κ3) is 2.41. The second-order valence-corrected chi connectivity index (χ2v) is 3.92. The van der Waals surface area contributed by atoms with Crippen LogP contribution in [0.3, 0.4) is 0 Å². The summed E-state index contributed by atoms with van der Waals surface area (Å²) in [5.41, 5.74) is 0.105. The minimum absolute atomic E-state index is 0.0144. The van der Waals surface area contributed by atoms with Gasteiger partial charge in [0.15, 0.2) is 5.75 Å². The molecule has 7 heteroatoms. The topological polar surface area (TPSA) is 95.5 Å². The maximum Gasteiger partial charge on any atom is 0.317 e. The van der Waals surface area contributed by atoms with Crippen molar-refractivity contribution >= 4 is 11.4 Å². The summed E-state index contributed by atoms with van der Waals surface area (Å²) in [5.74, 6) is -0.0144. The zero-order valence-corrected chi connectivity index (χ0v) is 10.5. The van der Waals surface area contributed by atoms with E-state index in [2.05, 4.69) is 0 Å². The Labute approximate surface area is 113 Å². The number of benzene rings is 2. The van der Waals surface area contributed by atoms with E-state index >= 15 is 0 Å². The van der Waals surface area contributed by atoms with Crippen molar-refractivity contribution in [2.45, 2.75) is 0 Å². The molecular weight excluding hydrogens is 264 g/mol. The molecule has 0 N–H and O–H groups in total. The smallest absolute Gasteiger partial charge is 0.317 e. The zero-order valence-electron chi connectivity index (χ0n) is 10.5. The van der Waals surface area contributed by atoms with Crippen molar-refractivity contribution in [2.75, 3.05) is 7.11 Å². The molecular formula is C13H10N2O5. The summed E-state index contributed by atoms with van der Waals surface area (Å²) in [4.78, 5) is 20.7. The maximum absolute atomic E-state index is 11.1. The van der Waals surface area contributed by atoms with Gasteiger partial charge in [0.1, 0.15) is 0 Å². The van der Waals surface area contributed by atoms with Gasteiger partial charge in [-0.15, -0.1) is 0 Å². The minimum atomic E-state index is -0.708. The molecule has 0 aliphatic rings. The third-order valence-electron chi connectivity index (χ3n) is 2.78. The van der Waals surface area contributed by atoms with Crippen LogP contribution in [0.15, 0.2) is 42.5 Å². The van der Waals surface area contributed by atoms with E-state index in [4.69, 9.17) is 4.74 Å². The molecule has 0 saturated heterocycles. The fourth-order valence-electron chi connectivity index (χ4n) is 1.86. The molecule has 0 heterocycles. The monoisotopic (exact) mass is 274 g/mol. The van der Waals surface area contributed by atoms with Gasteiger partial charge < -0.3 is 4.74 Å². The highest BCUT2D eigenvalue weighted by atomic mass is 16.6. The van der Waals surface area contributed by atoms with Gasteiger partial charge >= 0.3 is 5.69 Å². The van der Waals surface area contributed by atoms with E-state index in [1.165, 1.54) is 13.2 Å². The van der Waals surface area contributed by atoms with E-state index in [1.54, 1.807) is 30.3 Å². The Hall–Kier alpha value is -2.96. The lowest BCUT2D eigenvalue weighted by Gasteiger charge is -2.07. The number of methoxy groups -OCH3 is 1. The van der Waals surface area contributed by atoms with Gasteiger partial charge in [-0.05, 0) is 5.56 Å². The van der Waals surface area contributed by atoms with Crippen LogP contribution in [0.25, 0.3) is 11.1 Å². The predicted octanol–water partition coefficient (Wildman–Crippen LogP) is 3.18. The average Bonchev–Trinajstić information content (AvgIpc) is 2.46. The fourth-order valence-corrected chi connectivity index (χ4v) is 1.86. The van der Waals surface area contributed by atoms with E-state index in [0.29, 0.717) is 5.56 Å². The molecule has 0 radical (unpaired) electrons. The molecule has 0 aliphatic carbocycles. The first-order valence-electron chi connectivity index (χ1n) is 5.61. The van der Waals surface area contributed by atoms with Crippen molar-refractivity contribution in [1.82, 2.24) is 0 Å². The Balaban J connectivity index is 2.73. The van der Waals surface area contributed by atoms with Crippen LogP contribution in [0.5, 0.6) is 5.75 Å². The molecule has 0 fully saturated rings. The summed E-state index contributed by atoms with van der Waals surface area (Å²) in [6, 6.07) is 10.8. The van der Waals surface area contributed by atoms with Crippen LogP contribution in [0.4, 0.5) is 11.4 Å². The Morgan fingerprint density at radius 2 is 1.55 bits per heavy atom. The van der Waals surface area contributed by atoms with Gasteiger partial charge in [0, 0.05) is 6.07 Å². The molecule has 0 atom stereocenters. The summed E-state index contributed by atoms with van der Waals surface area (Å²) in [7, 11) is 1.28. The van der Waals surface area contributed by atoms with Crippen molar-refractivity contribution in [2.24, 2.45) is 0 Å². The largest absolute Gasteiger partial charge is 0.490 e. The van der Waals surface area contributed by atoms with Gasteiger partial charge in [-0.2, -0.15) is 0 Å². The van der Waals surface area contributed by atoms with Gasteiger partial charge in [-0.25, -0.2) is 0 Å². The molecule has 0 aromatic heterocycles. The number of rotatable bonds is 4. The van der Waals surface area contributed by atoms with Gasteiger partial charge in [0.25, 0.3) is 5.69 Å². The average molecular weight is 274 g/mol. The van der Waals surface area contributed by atoms with E-state index in [-0.39, 0.29) is 17.0 Å². The quantitative estimate of drug-likeness (QED) is 0.630. The van der Waals surface area contributed by atoms with E-state index in [0.717, 1.165) is 6.07 Å². The minimum Gasteiger partial charge on any atom is -0.490 e. The van der Waals surface area contributed by atoms with Crippen LogP contribution in [-0.2, 0) is 0 Å². The molecule has 0 amide bonds. The van der Waals surface area contributed by atoms with Crippen LogP contribution in [0.2, 0.25) is 0 Å². The molecule has 2 aromatic carbocycles. The number of ether oxygens (including phenoxy) is 1. The number of nitro groups is 2. The summed E-state index contributed by atoms with van der Waals surface area (Å²) in [6.45, 7) is 0. The van der Waals surface area contributed by atoms with E-state index in [9.17, 15) is 20.2 Å². The molecule has 0 aliphatic heterocycles. The SMILES string of the molecule is COc1cc(-c2ccccc2)c([N+](=O)[O-])cc1[N+](=O)[O-]. The molecule has 0 saturated carbocycles. The molecule has 0 bridgehead atoms. The van der Waals surface area contributed by atoms with Crippen molar-refractivity contribution in [3.05, 3.63) is 62.7 Å². The normalized spacial score (nSPS) is 10.1. The second-order valence-electron chi connectivity index (χ2n) is 3.92. The van der Waals surface area contributed by atoms with Crippen molar-refractivity contribution in [3.63, 3.8) is 0 Å². The van der Waals surface area contributed by atoms with Crippen LogP contribution in [0, 0.1) is 20.2 Å². The first-order chi connectivity index (χ1) is 9.54. The first kappa shape index (κ1) is 13.5. The number of nitro benzene ring substituents is 2. The van der Waals surface area contributed by atoms with Crippen molar-refractivity contribution in [1.29, 1.82) is 0 Å². The van der Waals surface area contributed by atoms with Gasteiger partial charge in [-0.1, -0.05) is 30.3 Å². The van der Waals surface area contributed by atoms with Gasteiger partial charge in [-0.3, -0.25) is 20.2 Å². The fraction of sp³-hybridized carbons (Fsp3) is 0.0769. The van der Waals surface area contributed by atoms with Crippen LogP contribution in [-0.4, -0.2) is 17.0 Å². The highest BCUT2D eigenvalue weighted by Crippen LogP contribution is 2.39. The number of hydrogen-bond acceptors (Lipinski definition) is 5. The Morgan fingerprint density at radius 3 is 2.05 bits per heavy atom. The van der Waals surface area contributed by atoms with Gasteiger partial charge in [0.05, 0.1) is 28.6 Å². The van der Waals surface area contributed by atoms with Gasteiger partial charge in [0.2, 0.25) is 0 Å². The van der Waals surface area contributed by atoms with Crippen LogP contribution < -0.4 is 4.74 Å². The second kappa shape index (κ2) is 5.35. The molecule has 0 unspecified atom stereocenters. The lowest BCUT2D eigenvalue weighted by atomic mass is 10.0. The van der Waals surface area contributed by atoms with E-state index in [1.807, 2.05) is 0 Å². The highest BCUT2D eigenvalue weighted by Gasteiger charge is 2.25. The maximum atomic E-state index is 11.1. The molecule has 102 valence electrons. The van der Waals surface area contributed by atoms with Crippen molar-refractivity contribution < 1.29 is 14.6 Å². The molecule has 0 spiro atoms. The predicted molar refractivity (Wildman–Crippen MR) is 71.7 cm³/mol. The number of hydrogen-bond donors (Lipinski definition) is 0.